The van der Waals surface area contributed by atoms with Gasteiger partial charge in [-0.2, -0.15) is 13.2 Å². The Bertz CT molecular complexity index is 3320. The molecule has 18 nitrogen and oxygen atoms in total. The van der Waals surface area contributed by atoms with Gasteiger partial charge in [0, 0.05) is 53.6 Å². The van der Waals surface area contributed by atoms with E-state index in [1.807, 2.05) is 54.2 Å². The number of pyridine rings is 2. The number of benzene rings is 2. The Hall–Kier alpha value is -6.46. The van der Waals surface area contributed by atoms with Crippen molar-refractivity contribution in [3.05, 3.63) is 108 Å². The lowest BCUT2D eigenvalue weighted by Gasteiger charge is -2.30. The number of fused-ring (bicyclic) bond motifs is 6. The molecule has 12 rings (SSSR count). The van der Waals surface area contributed by atoms with E-state index >= 15 is 0 Å². The SMILES string of the molecule is CC1(C)O[C@@H]2[C@H](O1)[C@@H](COc1ccc3c(Cl)ccnc3c1)O[C@H]2n1c(CC2(C)O[C@@H]3[C@H](O2)[C@@H](COc2ccc4cc(C(F)(F)F)cnc4c2)O[C@H]3n2ccc3c(N)ncnc32)cc2c(N)ncnc21. The van der Waals surface area contributed by atoms with E-state index < -0.39 is 72.4 Å². The van der Waals surface area contributed by atoms with Crippen molar-refractivity contribution in [2.24, 2.45) is 0 Å². The van der Waals surface area contributed by atoms with Crippen LogP contribution in [-0.4, -0.2) is 100 Å². The summed E-state index contributed by atoms with van der Waals surface area (Å²) in [6, 6.07) is 16.7. The molecule has 6 aromatic heterocycles. The van der Waals surface area contributed by atoms with Gasteiger partial charge in [-0.25, -0.2) is 19.9 Å². The van der Waals surface area contributed by atoms with Crippen LogP contribution in [0.25, 0.3) is 43.9 Å². The van der Waals surface area contributed by atoms with Crippen molar-refractivity contribution in [1.82, 2.24) is 39.0 Å². The number of hydrogen-bond donors (Lipinski definition) is 2. The number of nitrogens with two attached hydrogens (primary N) is 2. The molecule has 69 heavy (non-hydrogen) atoms. The number of rotatable bonds is 10. The van der Waals surface area contributed by atoms with Gasteiger partial charge >= 0.3 is 6.18 Å². The van der Waals surface area contributed by atoms with E-state index in [2.05, 4.69) is 24.9 Å². The molecule has 0 amide bonds. The molecule has 9 atom stereocenters. The summed E-state index contributed by atoms with van der Waals surface area (Å²) in [5.74, 6) is -0.756. The van der Waals surface area contributed by atoms with E-state index in [-0.39, 0.29) is 25.5 Å². The molecule has 4 aliphatic rings. The Balaban J connectivity index is 0.851. The second-order valence-electron chi connectivity index (χ2n) is 18.1. The van der Waals surface area contributed by atoms with Gasteiger partial charge in [0.2, 0.25) is 0 Å². The van der Waals surface area contributed by atoms with Gasteiger partial charge in [0.15, 0.2) is 24.0 Å². The second-order valence-corrected chi connectivity index (χ2v) is 18.5. The van der Waals surface area contributed by atoms with Crippen molar-refractivity contribution in [1.29, 1.82) is 0 Å². The van der Waals surface area contributed by atoms with Crippen molar-refractivity contribution in [3.63, 3.8) is 0 Å². The van der Waals surface area contributed by atoms with Crippen LogP contribution in [-0.2, 0) is 41.0 Å². The monoisotopic (exact) mass is 966 g/mol. The molecule has 1 unspecified atom stereocenters. The first kappa shape index (κ1) is 43.8. The first-order chi connectivity index (χ1) is 33.1. The summed E-state index contributed by atoms with van der Waals surface area (Å²) >= 11 is 6.40. The molecule has 4 aliphatic heterocycles. The number of hydrogen-bond acceptors (Lipinski definition) is 16. The molecule has 356 valence electrons. The normalized spacial score (nSPS) is 27.5. The van der Waals surface area contributed by atoms with Crippen LogP contribution in [0.15, 0.2) is 91.9 Å². The number of ether oxygens (including phenoxy) is 8. The topological polar surface area (TPSA) is 213 Å². The van der Waals surface area contributed by atoms with Crippen LogP contribution in [0.2, 0.25) is 5.02 Å². The van der Waals surface area contributed by atoms with Crippen molar-refractivity contribution < 1.29 is 51.1 Å². The summed E-state index contributed by atoms with van der Waals surface area (Å²) in [5, 5.41) is 2.91. The van der Waals surface area contributed by atoms with Gasteiger partial charge in [-0.1, -0.05) is 11.6 Å². The molecular formula is C47H42ClF3N10O8. The average molecular weight is 967 g/mol. The highest BCUT2D eigenvalue weighted by molar-refractivity contribution is 6.35. The third-order valence-corrected chi connectivity index (χ3v) is 13.3. The number of aromatic nitrogens is 8. The Kier molecular flexibility index (Phi) is 10.2. The maximum absolute atomic E-state index is 13.4. The highest BCUT2D eigenvalue weighted by Crippen LogP contribution is 2.49. The quantitative estimate of drug-likeness (QED) is 0.137. The highest BCUT2D eigenvalue weighted by atomic mass is 35.5. The summed E-state index contributed by atoms with van der Waals surface area (Å²) in [4.78, 5) is 26.1. The first-order valence-electron chi connectivity index (χ1n) is 22.0. The molecule has 22 heteroatoms. The molecule has 0 bridgehead atoms. The molecule has 0 saturated carbocycles. The molecule has 0 spiro atoms. The van der Waals surface area contributed by atoms with E-state index in [4.69, 9.17) is 65.9 Å². The molecule has 8 aromatic rings. The Morgan fingerprint density at radius 3 is 2.10 bits per heavy atom. The summed E-state index contributed by atoms with van der Waals surface area (Å²) in [6.07, 6.45) is -2.78. The fourth-order valence-corrected chi connectivity index (χ4v) is 10.2. The number of halogens is 4. The third-order valence-electron chi connectivity index (χ3n) is 13.0. The van der Waals surface area contributed by atoms with Gasteiger partial charge in [0.05, 0.1) is 32.4 Å². The standard InChI is InChI=1S/C47H42ClF3N10O8/c1-45(2)66-35-33(18-63-26-6-7-27-30(48)8-10-54-32(27)15-26)65-44(38(35)67-45)61-24(13-29-40(53)57-21-59-42(29)61)16-46(3)68-36-34(19-62-25-5-4-22-12-23(47(49,50)51)17-55-31(22)14-25)64-43(37(36)69-46)60-11-9-28-39(52)56-20-58-41(28)60/h4-15,17,20-21,33-38,43-44H,16,18-19H2,1-3H3,(H2,52,56,58)(H2,53,57,59)/t33-,34-,35-,36-,37-,38-,43-,44-,46?/m1/s1. The van der Waals surface area contributed by atoms with E-state index in [1.54, 1.807) is 36.7 Å². The zero-order valence-corrected chi connectivity index (χ0v) is 37.7. The first-order valence-corrected chi connectivity index (χ1v) is 22.4. The van der Waals surface area contributed by atoms with Gasteiger partial charge in [-0.05, 0) is 69.3 Å². The molecule has 4 saturated heterocycles. The number of alkyl halides is 3. The number of nitrogen functional groups attached to an aromatic ring is 2. The van der Waals surface area contributed by atoms with Crippen LogP contribution in [0.3, 0.4) is 0 Å². The zero-order valence-electron chi connectivity index (χ0n) is 36.9. The van der Waals surface area contributed by atoms with Crippen LogP contribution in [0.1, 0.15) is 44.5 Å². The Morgan fingerprint density at radius 1 is 0.681 bits per heavy atom. The summed E-state index contributed by atoms with van der Waals surface area (Å²) < 4.78 is 97.2. The lowest BCUT2D eigenvalue weighted by Crippen LogP contribution is -2.37. The van der Waals surface area contributed by atoms with Crippen molar-refractivity contribution >= 4 is 67.1 Å². The Labute approximate surface area is 394 Å². The van der Waals surface area contributed by atoms with E-state index in [0.717, 1.165) is 17.6 Å². The fourth-order valence-electron chi connectivity index (χ4n) is 9.95. The van der Waals surface area contributed by atoms with Crippen molar-refractivity contribution in [2.45, 2.75) is 94.0 Å². The molecular weight excluding hydrogens is 925 g/mol. The lowest BCUT2D eigenvalue weighted by molar-refractivity contribution is -0.211. The number of nitrogens with zero attached hydrogens (tertiary/aromatic N) is 8. The fraction of sp³-hybridized carbons (Fsp3) is 0.362. The maximum Gasteiger partial charge on any atom is 0.417 e. The van der Waals surface area contributed by atoms with Crippen LogP contribution in [0.5, 0.6) is 11.5 Å². The van der Waals surface area contributed by atoms with Crippen molar-refractivity contribution in [2.75, 3.05) is 24.7 Å². The lowest BCUT2D eigenvalue weighted by atomic mass is 10.1. The van der Waals surface area contributed by atoms with Gasteiger partial charge in [0.25, 0.3) is 0 Å². The molecule has 2 aromatic carbocycles. The average Bonchev–Trinajstić information content (AvgIpc) is 4.16. The van der Waals surface area contributed by atoms with Gasteiger partial charge in [-0.3, -0.25) is 9.97 Å². The van der Waals surface area contributed by atoms with Gasteiger partial charge < -0.3 is 58.5 Å². The predicted octanol–water partition coefficient (Wildman–Crippen LogP) is 7.32. The largest absolute Gasteiger partial charge is 0.491 e. The van der Waals surface area contributed by atoms with Crippen LogP contribution < -0.4 is 20.9 Å². The van der Waals surface area contributed by atoms with Gasteiger partial charge in [-0.15, -0.1) is 0 Å². The minimum absolute atomic E-state index is 0.0228. The third kappa shape index (κ3) is 7.68. The second kappa shape index (κ2) is 16.1. The minimum atomic E-state index is -4.53. The molecule has 10 heterocycles. The molecule has 4 fully saturated rings. The van der Waals surface area contributed by atoms with Gasteiger partial charge in [0.1, 0.15) is 96.9 Å². The summed E-state index contributed by atoms with van der Waals surface area (Å²) in [7, 11) is 0. The van der Waals surface area contributed by atoms with Crippen LogP contribution in [0, 0.1) is 0 Å². The smallest absolute Gasteiger partial charge is 0.417 e. The number of anilines is 2. The zero-order chi connectivity index (χ0) is 47.6. The Morgan fingerprint density at radius 2 is 1.33 bits per heavy atom. The molecule has 4 N–H and O–H groups in total. The maximum atomic E-state index is 13.4. The minimum Gasteiger partial charge on any atom is -0.491 e. The summed E-state index contributed by atoms with van der Waals surface area (Å²) in [6.45, 7) is 5.64. The van der Waals surface area contributed by atoms with Crippen LogP contribution >= 0.6 is 11.6 Å². The van der Waals surface area contributed by atoms with E-state index in [0.29, 0.717) is 66.5 Å². The predicted molar refractivity (Wildman–Crippen MR) is 242 cm³/mol. The molecule has 0 radical (unpaired) electrons. The summed E-state index contributed by atoms with van der Waals surface area (Å²) in [5.41, 5.74) is 14.6. The highest BCUT2D eigenvalue weighted by Gasteiger charge is 2.60. The van der Waals surface area contributed by atoms with E-state index in [9.17, 15) is 13.2 Å². The van der Waals surface area contributed by atoms with Crippen molar-refractivity contribution in [3.8, 4) is 11.5 Å². The molecule has 0 aliphatic carbocycles. The van der Waals surface area contributed by atoms with E-state index in [1.165, 1.54) is 18.7 Å². The van der Waals surface area contributed by atoms with Crippen LogP contribution in [0.4, 0.5) is 24.8 Å².